The number of carbonyl (C=O) groups is 1. The van der Waals surface area contributed by atoms with Crippen molar-refractivity contribution in [1.29, 1.82) is 0 Å². The van der Waals surface area contributed by atoms with E-state index < -0.39 is 10.0 Å². The minimum absolute atomic E-state index is 0.0266. The van der Waals surface area contributed by atoms with E-state index >= 15 is 0 Å². The molecule has 0 aliphatic heterocycles. The van der Waals surface area contributed by atoms with E-state index in [2.05, 4.69) is 10.3 Å². The van der Waals surface area contributed by atoms with Gasteiger partial charge in [0.1, 0.15) is 0 Å². The lowest BCUT2D eigenvalue weighted by molar-refractivity contribution is -0.116. The molecule has 0 fully saturated rings. The fourth-order valence-corrected chi connectivity index (χ4v) is 5.29. The second kappa shape index (κ2) is 10.4. The molecule has 1 N–H and O–H groups in total. The number of carbonyl (C=O) groups excluding carboxylic acids is 1. The summed E-state index contributed by atoms with van der Waals surface area (Å²) in [5.41, 5.74) is 2.42. The number of nitrogens with zero attached hydrogens (tertiary/aromatic N) is 4. The van der Waals surface area contributed by atoms with Crippen LogP contribution in [0.1, 0.15) is 25.8 Å². The van der Waals surface area contributed by atoms with Crippen LogP contribution in [0.15, 0.2) is 52.4 Å². The normalized spacial score (nSPS) is 11.7. The number of para-hydroxylation sites is 1. The van der Waals surface area contributed by atoms with E-state index in [0.717, 1.165) is 5.56 Å². The summed E-state index contributed by atoms with van der Waals surface area (Å²) in [5, 5.41) is 3.32. The monoisotopic (exact) mass is 485 g/mol. The summed E-state index contributed by atoms with van der Waals surface area (Å²) in [7, 11) is -0.0547. The lowest BCUT2D eigenvalue weighted by Crippen LogP contribution is -2.30. The van der Waals surface area contributed by atoms with Crippen molar-refractivity contribution in [1.82, 2.24) is 13.9 Å². The zero-order chi connectivity index (χ0) is 25.0. The quantitative estimate of drug-likeness (QED) is 0.500. The van der Waals surface area contributed by atoms with E-state index in [9.17, 15) is 18.0 Å². The van der Waals surface area contributed by atoms with Crippen molar-refractivity contribution in [3.8, 4) is 0 Å². The first-order valence-corrected chi connectivity index (χ1v) is 12.6. The van der Waals surface area contributed by atoms with Crippen LogP contribution in [0.5, 0.6) is 0 Å². The zero-order valence-corrected chi connectivity index (χ0v) is 21.0. The maximum absolute atomic E-state index is 12.9. The van der Waals surface area contributed by atoms with E-state index in [4.69, 9.17) is 0 Å². The first kappa shape index (κ1) is 25.4. The number of sulfonamides is 1. The summed E-state index contributed by atoms with van der Waals surface area (Å²) in [6.07, 6.45) is 1.48. The number of rotatable bonds is 9. The predicted molar refractivity (Wildman–Crippen MR) is 135 cm³/mol. The molecule has 1 amide bonds. The molecule has 1 heterocycles. The van der Waals surface area contributed by atoms with Gasteiger partial charge in [0.15, 0.2) is 0 Å². The second-order valence-electron chi connectivity index (χ2n) is 8.18. The molecule has 0 saturated heterocycles. The Morgan fingerprint density at radius 3 is 2.47 bits per heavy atom. The molecule has 34 heavy (non-hydrogen) atoms. The highest BCUT2D eigenvalue weighted by atomic mass is 32.2. The summed E-state index contributed by atoms with van der Waals surface area (Å²) in [6, 6.07) is 10.1. The van der Waals surface area contributed by atoms with Gasteiger partial charge in [0.2, 0.25) is 15.9 Å². The highest BCUT2D eigenvalue weighted by Crippen LogP contribution is 2.29. The van der Waals surface area contributed by atoms with E-state index in [1.54, 1.807) is 43.0 Å². The summed E-state index contributed by atoms with van der Waals surface area (Å²) in [4.78, 5) is 31.8. The lowest BCUT2D eigenvalue weighted by Gasteiger charge is -2.22. The van der Waals surface area contributed by atoms with Crippen LogP contribution in [0.3, 0.4) is 0 Å². The van der Waals surface area contributed by atoms with Crippen LogP contribution in [0.4, 0.5) is 11.4 Å². The van der Waals surface area contributed by atoms with Gasteiger partial charge in [0.05, 0.1) is 33.5 Å². The fraction of sp³-hybridized carbons (Fsp3) is 0.375. The highest BCUT2D eigenvalue weighted by Gasteiger charge is 2.23. The van der Waals surface area contributed by atoms with Crippen molar-refractivity contribution in [2.75, 3.05) is 37.4 Å². The largest absolute Gasteiger partial charge is 0.376 e. The van der Waals surface area contributed by atoms with E-state index in [1.165, 1.54) is 21.3 Å². The number of nitrogens with one attached hydrogen (secondary N) is 1. The van der Waals surface area contributed by atoms with E-state index in [1.807, 2.05) is 27.1 Å². The predicted octanol–water partition coefficient (Wildman–Crippen LogP) is 2.83. The summed E-state index contributed by atoms with van der Waals surface area (Å²) in [6.45, 7) is 6.31. The molecule has 0 spiro atoms. The Balaban J connectivity index is 1.83. The Morgan fingerprint density at radius 2 is 1.82 bits per heavy atom. The molecule has 0 bridgehead atoms. The maximum atomic E-state index is 12.9. The zero-order valence-electron chi connectivity index (χ0n) is 20.2. The second-order valence-corrected chi connectivity index (χ2v) is 10.1. The molecule has 3 aromatic rings. The van der Waals surface area contributed by atoms with Gasteiger partial charge < -0.3 is 10.2 Å². The topological polar surface area (TPSA) is 105 Å². The van der Waals surface area contributed by atoms with Gasteiger partial charge in [-0.2, -0.15) is 4.31 Å². The first-order valence-electron chi connectivity index (χ1n) is 11.2. The number of benzene rings is 2. The standard InChI is InChI=1S/C24H31N5O4S/c1-6-29(7-2)34(32,33)18-11-12-21(27(4)5)20(15-18)26-22(30)13-14-28-16-25-23-17(3)9-8-10-19(23)24(28)31/h8-12,15-16H,6-7,13-14H2,1-5H3,(H,26,30). The minimum atomic E-state index is -3.68. The lowest BCUT2D eigenvalue weighted by atomic mass is 10.1. The van der Waals surface area contributed by atoms with Crippen LogP contribution in [0.25, 0.3) is 10.9 Å². The van der Waals surface area contributed by atoms with Crippen LogP contribution in [-0.2, 0) is 21.4 Å². The van der Waals surface area contributed by atoms with Crippen molar-refractivity contribution in [3.63, 3.8) is 0 Å². The molecule has 0 atom stereocenters. The number of aryl methyl sites for hydroxylation is 2. The molecule has 9 nitrogen and oxygen atoms in total. The number of aromatic nitrogens is 2. The third kappa shape index (κ3) is 5.13. The van der Waals surface area contributed by atoms with Crippen molar-refractivity contribution >= 4 is 38.2 Å². The third-order valence-corrected chi connectivity index (χ3v) is 7.75. The number of hydrogen-bond donors (Lipinski definition) is 1. The molecule has 0 radical (unpaired) electrons. The van der Waals surface area contributed by atoms with Crippen molar-refractivity contribution in [3.05, 3.63) is 58.6 Å². The van der Waals surface area contributed by atoms with E-state index in [0.29, 0.717) is 35.4 Å². The SMILES string of the molecule is CCN(CC)S(=O)(=O)c1ccc(N(C)C)c(NC(=O)CCn2cnc3c(C)cccc3c2=O)c1. The molecular weight excluding hydrogens is 454 g/mol. The summed E-state index contributed by atoms with van der Waals surface area (Å²) >= 11 is 0. The van der Waals surface area contributed by atoms with Gasteiger partial charge in [-0.05, 0) is 36.8 Å². The molecule has 1 aromatic heterocycles. The van der Waals surface area contributed by atoms with Gasteiger partial charge in [-0.25, -0.2) is 13.4 Å². The van der Waals surface area contributed by atoms with Gasteiger partial charge in [-0.3, -0.25) is 14.2 Å². The van der Waals surface area contributed by atoms with Crippen LogP contribution < -0.4 is 15.8 Å². The molecule has 2 aromatic carbocycles. The summed E-state index contributed by atoms with van der Waals surface area (Å²) in [5.74, 6) is -0.336. The first-order chi connectivity index (χ1) is 16.1. The summed E-state index contributed by atoms with van der Waals surface area (Å²) < 4.78 is 28.7. The Labute approximate surface area is 200 Å². The number of hydrogen-bond acceptors (Lipinski definition) is 6. The average Bonchev–Trinajstić information content (AvgIpc) is 2.79. The van der Waals surface area contributed by atoms with Crippen LogP contribution in [0, 0.1) is 6.92 Å². The van der Waals surface area contributed by atoms with Gasteiger partial charge >= 0.3 is 0 Å². The molecule has 0 aliphatic rings. The van der Waals surface area contributed by atoms with Crippen molar-refractivity contribution in [2.24, 2.45) is 0 Å². The molecule has 182 valence electrons. The van der Waals surface area contributed by atoms with Crippen molar-refractivity contribution < 1.29 is 13.2 Å². The third-order valence-electron chi connectivity index (χ3n) is 5.70. The fourth-order valence-electron chi connectivity index (χ4n) is 3.81. The van der Waals surface area contributed by atoms with Crippen molar-refractivity contribution in [2.45, 2.75) is 38.6 Å². The smallest absolute Gasteiger partial charge is 0.261 e. The Kier molecular flexibility index (Phi) is 7.73. The van der Waals surface area contributed by atoms with E-state index in [-0.39, 0.29) is 29.3 Å². The number of fused-ring (bicyclic) bond motifs is 1. The molecule has 0 unspecified atom stereocenters. The van der Waals surface area contributed by atoms with Crippen LogP contribution in [0.2, 0.25) is 0 Å². The van der Waals surface area contributed by atoms with Crippen LogP contribution >= 0.6 is 0 Å². The van der Waals surface area contributed by atoms with Crippen LogP contribution in [-0.4, -0.2) is 55.4 Å². The van der Waals surface area contributed by atoms with Gasteiger partial charge in [0.25, 0.3) is 5.56 Å². The maximum Gasteiger partial charge on any atom is 0.261 e. The molecular formula is C24H31N5O4S. The van der Waals surface area contributed by atoms with Gasteiger partial charge in [-0.15, -0.1) is 0 Å². The number of anilines is 2. The minimum Gasteiger partial charge on any atom is -0.376 e. The average molecular weight is 486 g/mol. The Morgan fingerprint density at radius 1 is 1.12 bits per heavy atom. The molecule has 0 saturated carbocycles. The van der Waals surface area contributed by atoms with Gasteiger partial charge in [0, 0.05) is 40.2 Å². The Bertz CT molecular complexity index is 1360. The number of amides is 1. The molecule has 10 heteroatoms. The van der Waals surface area contributed by atoms with Gasteiger partial charge in [-0.1, -0.05) is 26.0 Å². The molecule has 0 aliphatic carbocycles. The highest BCUT2D eigenvalue weighted by molar-refractivity contribution is 7.89. The molecule has 3 rings (SSSR count). The Hall–Kier alpha value is -3.24.